The highest BCUT2D eigenvalue weighted by Crippen LogP contribution is 2.31. The Hall–Kier alpha value is -1.59. The number of amides is 1. The van der Waals surface area contributed by atoms with E-state index in [2.05, 4.69) is 19.2 Å². The number of nitrogens with one attached hydrogen (secondary N) is 1. The largest absolute Gasteiger partial charge is 0.462 e. The van der Waals surface area contributed by atoms with Crippen LogP contribution in [-0.2, 0) is 23.9 Å². The smallest absolute Gasteiger partial charge is 0.328 e. The standard InChI is InChI=1S/C29H53NO5/c1-5-7-9-11-12-13-14-15-16-18-24-21-27(25(28(32)34-24)19-17-10-8-6-2)35-29(33)26(30-22-31)20-23(3)4/h22-27H,5-21H2,1-4H3,(H,30,31)/t24-,25-,26-,27-/m0/s1/i3D3/t23?,24-,25-,26-,27-. The minimum absolute atomic E-state index is 0.0612. The molecular formula is C29H53NO5. The van der Waals surface area contributed by atoms with Gasteiger partial charge in [0.05, 0.1) is 5.92 Å². The molecule has 204 valence electrons. The molecule has 0 saturated carbocycles. The lowest BCUT2D eigenvalue weighted by molar-refractivity contribution is -0.181. The van der Waals surface area contributed by atoms with Crippen molar-refractivity contribution in [1.29, 1.82) is 0 Å². The lowest BCUT2D eigenvalue weighted by atomic mass is 9.87. The zero-order valence-electron chi connectivity index (χ0n) is 25.5. The van der Waals surface area contributed by atoms with Crippen LogP contribution in [0.25, 0.3) is 0 Å². The number of esters is 2. The van der Waals surface area contributed by atoms with E-state index in [9.17, 15) is 14.4 Å². The van der Waals surface area contributed by atoms with E-state index in [1.165, 1.54) is 51.9 Å². The molecule has 6 nitrogen and oxygen atoms in total. The molecule has 1 heterocycles. The van der Waals surface area contributed by atoms with Crippen LogP contribution in [0.15, 0.2) is 0 Å². The van der Waals surface area contributed by atoms with Crippen LogP contribution in [0.2, 0.25) is 0 Å². The van der Waals surface area contributed by atoms with E-state index < -0.39 is 36.8 Å². The van der Waals surface area contributed by atoms with E-state index in [1.807, 2.05) is 0 Å². The maximum absolute atomic E-state index is 13.0. The summed E-state index contributed by atoms with van der Waals surface area (Å²) in [6, 6.07) is -1.07. The quantitative estimate of drug-likeness (QED) is 0.106. The van der Waals surface area contributed by atoms with Crippen molar-refractivity contribution in [3.05, 3.63) is 0 Å². The molecule has 5 atom stereocenters. The first-order chi connectivity index (χ1) is 18.1. The lowest BCUT2D eigenvalue weighted by Gasteiger charge is -2.35. The molecule has 0 aliphatic carbocycles. The molecule has 1 aliphatic rings. The molecule has 1 N–H and O–H groups in total. The normalized spacial score (nSPS) is 23.3. The van der Waals surface area contributed by atoms with Crippen molar-refractivity contribution < 1.29 is 28.0 Å². The molecule has 1 amide bonds. The molecule has 1 fully saturated rings. The fourth-order valence-electron chi connectivity index (χ4n) is 4.86. The van der Waals surface area contributed by atoms with Crippen LogP contribution >= 0.6 is 0 Å². The summed E-state index contributed by atoms with van der Waals surface area (Å²) in [6.45, 7) is 3.62. The Kier molecular flexibility index (Phi) is 14.8. The predicted octanol–water partition coefficient (Wildman–Crippen LogP) is 6.88. The van der Waals surface area contributed by atoms with Gasteiger partial charge in [0.15, 0.2) is 0 Å². The van der Waals surface area contributed by atoms with Crippen LogP contribution in [0, 0.1) is 11.8 Å². The highest BCUT2D eigenvalue weighted by molar-refractivity contribution is 5.79. The van der Waals surface area contributed by atoms with Crippen LogP contribution < -0.4 is 5.32 Å². The first-order valence-corrected chi connectivity index (χ1v) is 14.2. The van der Waals surface area contributed by atoms with Gasteiger partial charge in [-0.3, -0.25) is 9.59 Å². The van der Waals surface area contributed by atoms with Gasteiger partial charge in [0.1, 0.15) is 18.2 Å². The SMILES string of the molecule is [2H]C([2H])([2H])C(C)C[C@H](NC=O)C(=O)O[C@H]1C[C@H](CCCCCCCCCCC)OC(=O)[C@H]1CCCCCC. The van der Waals surface area contributed by atoms with Crippen molar-refractivity contribution in [2.75, 3.05) is 0 Å². The first-order valence-electron chi connectivity index (χ1n) is 15.7. The van der Waals surface area contributed by atoms with Crippen LogP contribution in [0.4, 0.5) is 0 Å². The number of unbranched alkanes of at least 4 members (excludes halogenated alkanes) is 11. The summed E-state index contributed by atoms with van der Waals surface area (Å²) in [5.74, 6) is -2.34. The van der Waals surface area contributed by atoms with Gasteiger partial charge >= 0.3 is 11.9 Å². The van der Waals surface area contributed by atoms with Gasteiger partial charge in [-0.2, -0.15) is 0 Å². The summed E-state index contributed by atoms with van der Waals surface area (Å²) in [5.41, 5.74) is 0. The minimum atomic E-state index is -2.25. The van der Waals surface area contributed by atoms with Gasteiger partial charge in [0.2, 0.25) is 6.41 Å². The average molecular weight is 499 g/mol. The molecule has 0 aromatic carbocycles. The molecule has 1 unspecified atom stereocenters. The van der Waals surface area contributed by atoms with Crippen molar-refractivity contribution in [2.45, 2.75) is 155 Å². The molecular weight excluding hydrogens is 442 g/mol. The molecule has 1 saturated heterocycles. The Labute approximate surface area is 218 Å². The van der Waals surface area contributed by atoms with E-state index >= 15 is 0 Å². The third kappa shape index (κ3) is 13.9. The summed E-state index contributed by atoms with van der Waals surface area (Å²) in [6.07, 6.45) is 16.1. The number of cyclic esters (lactones) is 1. The molecule has 0 aromatic heterocycles. The van der Waals surface area contributed by atoms with Crippen LogP contribution in [-0.4, -0.2) is 36.6 Å². The maximum atomic E-state index is 13.0. The molecule has 6 heteroatoms. The lowest BCUT2D eigenvalue weighted by Crippen LogP contribution is -2.47. The van der Waals surface area contributed by atoms with Gasteiger partial charge in [0.25, 0.3) is 0 Å². The number of carbonyl (C=O) groups is 3. The summed E-state index contributed by atoms with van der Waals surface area (Å²) in [7, 11) is 0. The summed E-state index contributed by atoms with van der Waals surface area (Å²) in [4.78, 5) is 37.2. The van der Waals surface area contributed by atoms with Gasteiger partial charge in [-0.25, -0.2) is 4.79 Å². The summed E-state index contributed by atoms with van der Waals surface area (Å²) < 4.78 is 34.4. The monoisotopic (exact) mass is 498 g/mol. The van der Waals surface area contributed by atoms with E-state index in [0.29, 0.717) is 19.3 Å². The molecule has 0 aromatic rings. The molecule has 1 aliphatic heterocycles. The highest BCUT2D eigenvalue weighted by Gasteiger charge is 2.41. The third-order valence-electron chi connectivity index (χ3n) is 6.94. The number of rotatable bonds is 21. The second kappa shape index (κ2) is 19.6. The van der Waals surface area contributed by atoms with Gasteiger partial charge in [-0.05, 0) is 31.6 Å². The number of hydrogen-bond acceptors (Lipinski definition) is 5. The fraction of sp³-hybridized carbons (Fsp3) is 0.897. The molecule has 0 bridgehead atoms. The van der Waals surface area contributed by atoms with Crippen LogP contribution in [0.1, 0.15) is 141 Å². The molecule has 35 heavy (non-hydrogen) atoms. The van der Waals surface area contributed by atoms with Crippen LogP contribution in [0.3, 0.4) is 0 Å². The zero-order valence-corrected chi connectivity index (χ0v) is 22.5. The van der Waals surface area contributed by atoms with Crippen molar-refractivity contribution in [2.24, 2.45) is 11.8 Å². The Morgan fingerprint density at radius 3 is 2.20 bits per heavy atom. The number of ether oxygens (including phenoxy) is 2. The van der Waals surface area contributed by atoms with E-state index in [1.54, 1.807) is 0 Å². The number of carbonyl (C=O) groups excluding carboxylic acids is 3. The Balaban J connectivity index is 2.72. The maximum Gasteiger partial charge on any atom is 0.328 e. The van der Waals surface area contributed by atoms with E-state index in [0.717, 1.165) is 44.9 Å². The Morgan fingerprint density at radius 1 is 1.03 bits per heavy atom. The highest BCUT2D eigenvalue weighted by atomic mass is 16.6. The van der Waals surface area contributed by atoms with E-state index in [4.69, 9.17) is 13.6 Å². The van der Waals surface area contributed by atoms with Gasteiger partial charge < -0.3 is 14.8 Å². The second-order valence-electron chi connectivity index (χ2n) is 10.3. The number of hydrogen-bond donors (Lipinski definition) is 1. The third-order valence-corrected chi connectivity index (χ3v) is 6.94. The van der Waals surface area contributed by atoms with Crippen molar-refractivity contribution in [3.8, 4) is 0 Å². The van der Waals surface area contributed by atoms with Crippen molar-refractivity contribution in [1.82, 2.24) is 5.32 Å². The Morgan fingerprint density at radius 2 is 1.60 bits per heavy atom. The Bertz CT molecular complexity index is 673. The first kappa shape index (κ1) is 26.5. The average Bonchev–Trinajstić information content (AvgIpc) is 2.85. The van der Waals surface area contributed by atoms with Crippen LogP contribution in [0.5, 0.6) is 0 Å². The second-order valence-corrected chi connectivity index (χ2v) is 10.3. The summed E-state index contributed by atoms with van der Waals surface area (Å²) >= 11 is 0. The molecule has 0 spiro atoms. The van der Waals surface area contributed by atoms with Crippen molar-refractivity contribution in [3.63, 3.8) is 0 Å². The summed E-state index contributed by atoms with van der Waals surface area (Å²) in [5, 5.41) is 2.42. The topological polar surface area (TPSA) is 81.7 Å². The zero-order chi connectivity index (χ0) is 28.4. The fourth-order valence-corrected chi connectivity index (χ4v) is 4.86. The van der Waals surface area contributed by atoms with Gasteiger partial charge in [-0.15, -0.1) is 0 Å². The van der Waals surface area contributed by atoms with E-state index in [-0.39, 0.29) is 18.5 Å². The molecule has 0 radical (unpaired) electrons. The van der Waals surface area contributed by atoms with Gasteiger partial charge in [0, 0.05) is 10.5 Å². The molecule has 1 rings (SSSR count). The van der Waals surface area contributed by atoms with Gasteiger partial charge in [-0.1, -0.05) is 105 Å². The minimum Gasteiger partial charge on any atom is -0.462 e. The predicted molar refractivity (Wildman–Crippen MR) is 141 cm³/mol. The van der Waals surface area contributed by atoms with Crippen molar-refractivity contribution >= 4 is 18.3 Å².